The van der Waals surface area contributed by atoms with E-state index >= 15 is 0 Å². The maximum absolute atomic E-state index is 10.6. The largest absolute Gasteiger partial charge is 0.481 e. The van der Waals surface area contributed by atoms with Crippen molar-refractivity contribution in [2.24, 2.45) is 4.99 Å². The lowest BCUT2D eigenvalue weighted by Gasteiger charge is -2.05. The number of fused-ring (bicyclic) bond motifs is 1. The number of carboxylic acid groups (broad SMARTS) is 1. The van der Waals surface area contributed by atoms with Crippen LogP contribution < -0.4 is 10.6 Å². The second kappa shape index (κ2) is 4.26. The molecular weight excluding hydrogens is 190 g/mol. The molecule has 1 aromatic rings. The summed E-state index contributed by atoms with van der Waals surface area (Å²) in [6, 6.07) is 7.78. The molecule has 2 rings (SSSR count). The van der Waals surface area contributed by atoms with Crippen molar-refractivity contribution in [3.8, 4) is 0 Å². The van der Waals surface area contributed by atoms with Crippen LogP contribution in [0.5, 0.6) is 0 Å². The smallest absolute Gasteiger partial charge is 0.305 e. The highest BCUT2D eigenvalue weighted by atomic mass is 16.4. The fraction of sp³-hybridized carbons (Fsp3) is 0.333. The molecule has 0 spiro atoms. The summed E-state index contributed by atoms with van der Waals surface area (Å²) in [5.41, 5.74) is 0. The number of nitrogens with zero attached hydrogens (tertiary/aromatic N) is 1. The van der Waals surface area contributed by atoms with Crippen molar-refractivity contribution in [2.45, 2.75) is 25.3 Å². The van der Waals surface area contributed by atoms with Crippen LogP contribution in [0.15, 0.2) is 29.3 Å². The molecule has 78 valence electrons. The van der Waals surface area contributed by atoms with Crippen molar-refractivity contribution in [1.82, 2.24) is 0 Å². The van der Waals surface area contributed by atoms with E-state index in [0.29, 0.717) is 0 Å². The molecule has 0 bridgehead atoms. The summed E-state index contributed by atoms with van der Waals surface area (Å²) < 4.78 is 0. The van der Waals surface area contributed by atoms with Crippen LogP contribution in [0.2, 0.25) is 0 Å². The van der Waals surface area contributed by atoms with Gasteiger partial charge in [-0.15, -0.1) is 0 Å². The van der Waals surface area contributed by atoms with Crippen molar-refractivity contribution in [2.75, 3.05) is 0 Å². The average molecular weight is 203 g/mol. The molecule has 0 radical (unpaired) electrons. The third-order valence-corrected chi connectivity index (χ3v) is 2.53. The van der Waals surface area contributed by atoms with Gasteiger partial charge in [-0.25, -0.2) is 0 Å². The molecule has 1 aromatic carbocycles. The number of rotatable bonds is 2. The SMILES string of the molecule is O=C(O)CC1CCC=c2ccccc2=N1. The van der Waals surface area contributed by atoms with Crippen LogP contribution in [-0.4, -0.2) is 17.1 Å². The lowest BCUT2D eigenvalue weighted by molar-refractivity contribution is -0.137. The first-order chi connectivity index (χ1) is 7.25. The Morgan fingerprint density at radius 1 is 1.47 bits per heavy atom. The van der Waals surface area contributed by atoms with Gasteiger partial charge < -0.3 is 5.11 Å². The summed E-state index contributed by atoms with van der Waals surface area (Å²) in [5.74, 6) is -0.775. The number of benzene rings is 1. The highest BCUT2D eigenvalue weighted by molar-refractivity contribution is 5.67. The summed E-state index contributed by atoms with van der Waals surface area (Å²) in [4.78, 5) is 15.1. The van der Waals surface area contributed by atoms with Crippen LogP contribution in [0.25, 0.3) is 6.08 Å². The van der Waals surface area contributed by atoms with E-state index < -0.39 is 5.97 Å². The van der Waals surface area contributed by atoms with E-state index in [2.05, 4.69) is 11.1 Å². The quantitative estimate of drug-likeness (QED) is 0.770. The Balaban J connectivity index is 2.38. The van der Waals surface area contributed by atoms with Crippen LogP contribution in [-0.2, 0) is 4.79 Å². The van der Waals surface area contributed by atoms with E-state index in [0.717, 1.165) is 23.4 Å². The predicted molar refractivity (Wildman–Crippen MR) is 57.0 cm³/mol. The minimum atomic E-state index is -0.775. The molecule has 1 heterocycles. The summed E-state index contributed by atoms with van der Waals surface area (Å²) in [6.07, 6.45) is 3.97. The minimum absolute atomic E-state index is 0.0811. The van der Waals surface area contributed by atoms with Gasteiger partial charge in [0.25, 0.3) is 0 Å². The molecule has 1 aliphatic rings. The number of carboxylic acids is 1. The first kappa shape index (κ1) is 9.90. The van der Waals surface area contributed by atoms with Crippen molar-refractivity contribution in [3.63, 3.8) is 0 Å². The molecule has 0 saturated heterocycles. The lowest BCUT2D eigenvalue weighted by Crippen LogP contribution is -2.25. The van der Waals surface area contributed by atoms with Crippen molar-refractivity contribution >= 4 is 12.0 Å². The molecule has 1 aliphatic heterocycles. The van der Waals surface area contributed by atoms with Gasteiger partial charge in [0.2, 0.25) is 0 Å². The number of aliphatic carboxylic acids is 1. The van der Waals surface area contributed by atoms with E-state index in [1.807, 2.05) is 24.3 Å². The fourth-order valence-electron chi connectivity index (χ4n) is 1.82. The van der Waals surface area contributed by atoms with Crippen LogP contribution in [0.3, 0.4) is 0 Å². The van der Waals surface area contributed by atoms with Gasteiger partial charge in [-0.1, -0.05) is 24.3 Å². The number of hydrogen-bond donors (Lipinski definition) is 1. The molecule has 0 saturated carbocycles. The summed E-state index contributed by atoms with van der Waals surface area (Å²) in [6.45, 7) is 0. The highest BCUT2D eigenvalue weighted by Gasteiger charge is 2.12. The third kappa shape index (κ3) is 2.43. The average Bonchev–Trinajstić information content (AvgIpc) is 2.38. The molecule has 0 amide bonds. The Labute approximate surface area is 87.8 Å². The maximum atomic E-state index is 10.6. The second-order valence-electron chi connectivity index (χ2n) is 3.72. The summed E-state index contributed by atoms with van der Waals surface area (Å²) in [7, 11) is 0. The van der Waals surface area contributed by atoms with E-state index in [4.69, 9.17) is 5.11 Å². The Kier molecular flexibility index (Phi) is 2.81. The molecule has 1 atom stereocenters. The molecular formula is C12H13NO2. The number of para-hydroxylation sites is 1. The molecule has 0 fully saturated rings. The second-order valence-corrected chi connectivity index (χ2v) is 3.72. The van der Waals surface area contributed by atoms with Crippen molar-refractivity contribution in [1.29, 1.82) is 0 Å². The summed E-state index contributed by atoms with van der Waals surface area (Å²) >= 11 is 0. The zero-order chi connectivity index (χ0) is 10.7. The standard InChI is InChI=1S/C12H13NO2/c14-12(15)8-10-6-3-5-9-4-1-2-7-11(9)13-10/h1-2,4-5,7,10H,3,6,8H2,(H,14,15). The van der Waals surface area contributed by atoms with E-state index in [1.165, 1.54) is 0 Å². The van der Waals surface area contributed by atoms with Crippen LogP contribution in [0, 0.1) is 0 Å². The normalized spacial score (nSPS) is 19.3. The van der Waals surface area contributed by atoms with Crippen LogP contribution >= 0.6 is 0 Å². The van der Waals surface area contributed by atoms with Gasteiger partial charge >= 0.3 is 5.97 Å². The maximum Gasteiger partial charge on any atom is 0.305 e. The Bertz CT molecular complexity index is 479. The Morgan fingerprint density at radius 3 is 3.07 bits per heavy atom. The predicted octanol–water partition coefficient (Wildman–Crippen LogP) is 0.724. The van der Waals surface area contributed by atoms with Gasteiger partial charge in [0.1, 0.15) is 0 Å². The third-order valence-electron chi connectivity index (χ3n) is 2.53. The zero-order valence-electron chi connectivity index (χ0n) is 8.39. The molecule has 1 unspecified atom stereocenters. The van der Waals surface area contributed by atoms with Gasteiger partial charge in [-0.05, 0) is 24.1 Å². The van der Waals surface area contributed by atoms with Crippen molar-refractivity contribution in [3.05, 3.63) is 34.8 Å². The first-order valence-corrected chi connectivity index (χ1v) is 5.10. The van der Waals surface area contributed by atoms with Gasteiger partial charge in [-0.2, -0.15) is 0 Å². The van der Waals surface area contributed by atoms with E-state index in [-0.39, 0.29) is 12.5 Å². The number of hydrogen-bond acceptors (Lipinski definition) is 2. The molecule has 0 aromatic heterocycles. The molecule has 1 N–H and O–H groups in total. The lowest BCUT2D eigenvalue weighted by atomic mass is 10.1. The van der Waals surface area contributed by atoms with Gasteiger partial charge in [0.15, 0.2) is 0 Å². The molecule has 0 aliphatic carbocycles. The molecule has 3 heteroatoms. The molecule has 3 nitrogen and oxygen atoms in total. The first-order valence-electron chi connectivity index (χ1n) is 5.10. The zero-order valence-corrected chi connectivity index (χ0v) is 8.39. The monoisotopic (exact) mass is 203 g/mol. The van der Waals surface area contributed by atoms with Crippen molar-refractivity contribution < 1.29 is 9.90 Å². The molecule has 15 heavy (non-hydrogen) atoms. The van der Waals surface area contributed by atoms with Gasteiger partial charge in [0, 0.05) is 0 Å². The number of carbonyl (C=O) groups is 1. The van der Waals surface area contributed by atoms with Gasteiger partial charge in [-0.3, -0.25) is 9.79 Å². The van der Waals surface area contributed by atoms with E-state index in [9.17, 15) is 4.79 Å². The van der Waals surface area contributed by atoms with Crippen LogP contribution in [0.4, 0.5) is 0 Å². The summed E-state index contributed by atoms with van der Waals surface area (Å²) in [5, 5.41) is 10.8. The van der Waals surface area contributed by atoms with Gasteiger partial charge in [0.05, 0.1) is 17.8 Å². The minimum Gasteiger partial charge on any atom is -0.481 e. The Hall–Kier alpha value is -1.64. The van der Waals surface area contributed by atoms with E-state index in [1.54, 1.807) is 0 Å². The fourth-order valence-corrected chi connectivity index (χ4v) is 1.82. The van der Waals surface area contributed by atoms with Crippen LogP contribution in [0.1, 0.15) is 19.3 Å². The Morgan fingerprint density at radius 2 is 2.27 bits per heavy atom. The highest BCUT2D eigenvalue weighted by Crippen LogP contribution is 2.08. The topological polar surface area (TPSA) is 49.7 Å².